The molecular weight excluding hydrogens is 388 g/mol. The van der Waals surface area contributed by atoms with Gasteiger partial charge >= 0.3 is 0 Å². The van der Waals surface area contributed by atoms with Crippen molar-refractivity contribution in [3.63, 3.8) is 0 Å². The maximum absolute atomic E-state index is 12.8. The lowest BCUT2D eigenvalue weighted by Crippen LogP contribution is -2.45. The highest BCUT2D eigenvalue weighted by Crippen LogP contribution is 2.10. The van der Waals surface area contributed by atoms with Crippen LogP contribution in [0.25, 0.3) is 0 Å². The number of likely N-dealkylation sites (N-methyl/N-ethyl adjacent to an activating group) is 1. The van der Waals surface area contributed by atoms with E-state index in [1.165, 1.54) is 5.56 Å². The second kappa shape index (κ2) is 13.3. The smallest absolute Gasteiger partial charge is 0.257 e. The number of hydrogen-bond acceptors (Lipinski definition) is 4. The van der Waals surface area contributed by atoms with E-state index in [2.05, 4.69) is 34.6 Å². The molecule has 166 valence electrons. The molecule has 0 aliphatic rings. The Morgan fingerprint density at radius 3 is 2.32 bits per heavy atom. The molecule has 0 radical (unpaired) electrons. The highest BCUT2D eigenvalue weighted by Gasteiger charge is 2.23. The Kier molecular flexibility index (Phi) is 10.4. The maximum Gasteiger partial charge on any atom is 0.257 e. The van der Waals surface area contributed by atoms with Crippen molar-refractivity contribution < 1.29 is 9.59 Å². The molecule has 2 N–H and O–H groups in total. The Morgan fingerprint density at radius 1 is 1.00 bits per heavy atom. The minimum atomic E-state index is -0.241. The largest absolute Gasteiger partial charge is 0.352 e. The molecule has 2 aromatic rings. The molecule has 0 heterocycles. The van der Waals surface area contributed by atoms with Gasteiger partial charge in [0.25, 0.3) is 11.8 Å². The monoisotopic (exact) mass is 422 g/mol. The number of aryl methyl sites for hydroxylation is 1. The summed E-state index contributed by atoms with van der Waals surface area (Å²) in [4.78, 5) is 27.0. The standard InChI is InChI=1S/C25H34N4O2/c1-4-29(5-2)23(25(31)28-27-19-21-16-14-20(3)15-17-21)13-9-10-18-26-24(30)22-11-7-6-8-12-22/h6-8,11-12,14-17,19,23H,4-5,9-10,13,18H2,1-3H3,(H,26,30)(H,28,31)/b27-19+/t23-/m1/s1. The molecular formula is C25H34N4O2. The number of amides is 2. The number of benzene rings is 2. The van der Waals surface area contributed by atoms with Crippen molar-refractivity contribution in [3.8, 4) is 0 Å². The van der Waals surface area contributed by atoms with Gasteiger partial charge in [0.05, 0.1) is 12.3 Å². The summed E-state index contributed by atoms with van der Waals surface area (Å²) < 4.78 is 0. The highest BCUT2D eigenvalue weighted by molar-refractivity contribution is 5.94. The van der Waals surface area contributed by atoms with Crippen molar-refractivity contribution in [1.29, 1.82) is 0 Å². The van der Waals surface area contributed by atoms with Gasteiger partial charge in [-0.15, -0.1) is 0 Å². The van der Waals surface area contributed by atoms with Crippen molar-refractivity contribution in [2.24, 2.45) is 5.10 Å². The summed E-state index contributed by atoms with van der Waals surface area (Å²) >= 11 is 0. The maximum atomic E-state index is 12.8. The molecule has 2 aromatic carbocycles. The fraction of sp³-hybridized carbons (Fsp3) is 0.400. The average molecular weight is 423 g/mol. The third kappa shape index (κ3) is 8.34. The molecule has 0 spiro atoms. The zero-order chi connectivity index (χ0) is 22.5. The molecule has 6 heteroatoms. The lowest BCUT2D eigenvalue weighted by molar-refractivity contribution is -0.126. The Morgan fingerprint density at radius 2 is 1.68 bits per heavy atom. The van der Waals surface area contributed by atoms with Gasteiger partial charge in [-0.25, -0.2) is 5.43 Å². The summed E-state index contributed by atoms with van der Waals surface area (Å²) in [6.45, 7) is 8.32. The van der Waals surface area contributed by atoms with Crippen LogP contribution < -0.4 is 10.7 Å². The van der Waals surface area contributed by atoms with Crippen molar-refractivity contribution >= 4 is 18.0 Å². The quantitative estimate of drug-likeness (QED) is 0.311. The van der Waals surface area contributed by atoms with Gasteiger partial charge < -0.3 is 5.32 Å². The first kappa shape index (κ1) is 24.3. The number of carbonyl (C=O) groups excluding carboxylic acids is 2. The summed E-state index contributed by atoms with van der Waals surface area (Å²) in [7, 11) is 0. The van der Waals surface area contributed by atoms with Gasteiger partial charge in [0.15, 0.2) is 0 Å². The van der Waals surface area contributed by atoms with E-state index in [0.717, 1.165) is 37.9 Å². The van der Waals surface area contributed by atoms with Crippen LogP contribution in [0.5, 0.6) is 0 Å². The number of rotatable bonds is 12. The first-order valence-electron chi connectivity index (χ1n) is 11.0. The predicted molar refractivity (Wildman–Crippen MR) is 126 cm³/mol. The fourth-order valence-corrected chi connectivity index (χ4v) is 3.40. The Balaban J connectivity index is 1.81. The molecule has 6 nitrogen and oxygen atoms in total. The van der Waals surface area contributed by atoms with Crippen LogP contribution in [0.4, 0.5) is 0 Å². The van der Waals surface area contributed by atoms with Crippen molar-refractivity contribution in [1.82, 2.24) is 15.6 Å². The van der Waals surface area contributed by atoms with Gasteiger partial charge in [0, 0.05) is 12.1 Å². The van der Waals surface area contributed by atoms with E-state index in [-0.39, 0.29) is 17.9 Å². The third-order valence-corrected chi connectivity index (χ3v) is 5.25. The van der Waals surface area contributed by atoms with E-state index >= 15 is 0 Å². The molecule has 0 aromatic heterocycles. The number of nitrogens with zero attached hydrogens (tertiary/aromatic N) is 2. The average Bonchev–Trinajstić information content (AvgIpc) is 2.80. The molecule has 0 aliphatic heterocycles. The number of hydrazone groups is 1. The lowest BCUT2D eigenvalue weighted by atomic mass is 10.1. The molecule has 1 atom stereocenters. The topological polar surface area (TPSA) is 73.8 Å². The van der Waals surface area contributed by atoms with Crippen LogP contribution in [-0.2, 0) is 4.79 Å². The Bertz CT molecular complexity index is 830. The summed E-state index contributed by atoms with van der Waals surface area (Å²) in [5, 5.41) is 7.07. The fourth-order valence-electron chi connectivity index (χ4n) is 3.40. The number of nitrogens with one attached hydrogen (secondary N) is 2. The van der Waals surface area contributed by atoms with Gasteiger partial charge in [-0.3, -0.25) is 14.5 Å². The zero-order valence-electron chi connectivity index (χ0n) is 18.8. The Labute approximate surface area is 185 Å². The van der Waals surface area contributed by atoms with E-state index in [0.29, 0.717) is 12.1 Å². The number of hydrogen-bond donors (Lipinski definition) is 2. The van der Waals surface area contributed by atoms with E-state index in [1.54, 1.807) is 18.3 Å². The molecule has 0 saturated carbocycles. The summed E-state index contributed by atoms with van der Waals surface area (Å²) in [6, 6.07) is 16.9. The van der Waals surface area contributed by atoms with Crippen LogP contribution in [0, 0.1) is 6.92 Å². The van der Waals surface area contributed by atoms with Crippen LogP contribution in [0.3, 0.4) is 0 Å². The second-order valence-corrected chi connectivity index (χ2v) is 7.50. The molecule has 0 saturated heterocycles. The summed E-state index contributed by atoms with van der Waals surface area (Å²) in [5.41, 5.74) is 5.48. The molecule has 2 rings (SSSR count). The molecule has 0 aliphatic carbocycles. The van der Waals surface area contributed by atoms with E-state index in [1.807, 2.05) is 49.4 Å². The zero-order valence-corrected chi connectivity index (χ0v) is 18.8. The minimum absolute atomic E-state index is 0.0657. The van der Waals surface area contributed by atoms with Gasteiger partial charge in [-0.2, -0.15) is 5.10 Å². The lowest BCUT2D eigenvalue weighted by Gasteiger charge is -2.28. The van der Waals surface area contributed by atoms with Crippen molar-refractivity contribution in [2.45, 2.75) is 46.1 Å². The molecule has 0 bridgehead atoms. The van der Waals surface area contributed by atoms with Crippen molar-refractivity contribution in [3.05, 3.63) is 71.3 Å². The normalized spacial score (nSPS) is 12.1. The second-order valence-electron chi connectivity index (χ2n) is 7.50. The van der Waals surface area contributed by atoms with Crippen LogP contribution in [-0.4, -0.2) is 48.6 Å². The van der Waals surface area contributed by atoms with Crippen LogP contribution in [0.1, 0.15) is 54.6 Å². The molecule has 2 amide bonds. The molecule has 0 fully saturated rings. The van der Waals surface area contributed by atoms with Gasteiger partial charge in [0.2, 0.25) is 0 Å². The van der Waals surface area contributed by atoms with Gasteiger partial charge in [-0.05, 0) is 57.0 Å². The Hall–Kier alpha value is -2.99. The third-order valence-electron chi connectivity index (χ3n) is 5.25. The first-order chi connectivity index (χ1) is 15.0. The highest BCUT2D eigenvalue weighted by atomic mass is 16.2. The number of carbonyl (C=O) groups is 2. The van der Waals surface area contributed by atoms with Crippen LogP contribution >= 0.6 is 0 Å². The van der Waals surface area contributed by atoms with E-state index in [4.69, 9.17) is 0 Å². The molecule has 31 heavy (non-hydrogen) atoms. The SMILES string of the molecule is CCN(CC)[C@H](CCCCNC(=O)c1ccccc1)C(=O)N/N=C/c1ccc(C)cc1. The summed E-state index contributed by atoms with van der Waals surface area (Å²) in [6.07, 6.45) is 4.03. The number of unbranched alkanes of at least 4 members (excludes halogenated alkanes) is 1. The van der Waals surface area contributed by atoms with Gasteiger partial charge in [-0.1, -0.05) is 61.9 Å². The first-order valence-corrected chi connectivity index (χ1v) is 11.0. The molecule has 0 unspecified atom stereocenters. The minimum Gasteiger partial charge on any atom is -0.352 e. The van der Waals surface area contributed by atoms with E-state index < -0.39 is 0 Å². The summed E-state index contributed by atoms with van der Waals surface area (Å²) in [5.74, 6) is -0.163. The van der Waals surface area contributed by atoms with Crippen molar-refractivity contribution in [2.75, 3.05) is 19.6 Å². The van der Waals surface area contributed by atoms with Gasteiger partial charge in [0.1, 0.15) is 0 Å². The predicted octanol–water partition coefficient (Wildman–Crippen LogP) is 3.76. The van der Waals surface area contributed by atoms with Crippen LogP contribution in [0.2, 0.25) is 0 Å². The van der Waals surface area contributed by atoms with E-state index in [9.17, 15) is 9.59 Å². The van der Waals surface area contributed by atoms with Crippen LogP contribution in [0.15, 0.2) is 59.7 Å².